The lowest BCUT2D eigenvalue weighted by atomic mass is 10.1. The summed E-state index contributed by atoms with van der Waals surface area (Å²) in [7, 11) is 0. The monoisotopic (exact) mass is 287 g/mol. The second kappa shape index (κ2) is 7.12. The molecule has 0 bridgehead atoms. The lowest BCUT2D eigenvalue weighted by Crippen LogP contribution is -2.02. The van der Waals surface area contributed by atoms with E-state index in [0.717, 1.165) is 37.9 Å². The first-order valence-corrected chi connectivity index (χ1v) is 7.33. The average Bonchev–Trinajstić information content (AvgIpc) is 2.76. The molecule has 0 saturated carbocycles. The highest BCUT2D eigenvalue weighted by molar-refractivity contribution is 6.30. The zero-order chi connectivity index (χ0) is 14.4. The Labute approximate surface area is 124 Å². The average molecular weight is 288 g/mol. The third-order valence-electron chi connectivity index (χ3n) is 3.24. The van der Waals surface area contributed by atoms with Crippen molar-refractivity contribution < 1.29 is 0 Å². The summed E-state index contributed by atoms with van der Waals surface area (Å²) >= 11 is 6.23. The molecule has 0 saturated heterocycles. The molecule has 3 nitrogen and oxygen atoms in total. The predicted molar refractivity (Wildman–Crippen MR) is 80.7 cm³/mol. The van der Waals surface area contributed by atoms with Gasteiger partial charge < -0.3 is 0 Å². The molecule has 0 amide bonds. The number of nitriles is 1. The number of hydrogen-bond donors (Lipinski definition) is 0. The number of aromatic nitrogens is 2. The Morgan fingerprint density at radius 2 is 2.00 bits per heavy atom. The van der Waals surface area contributed by atoms with Crippen LogP contribution in [0.15, 0.2) is 30.3 Å². The number of hydrogen-bond acceptors (Lipinski definition) is 2. The molecule has 0 atom stereocenters. The molecule has 0 unspecified atom stereocenters. The minimum Gasteiger partial charge on any atom is -0.252 e. The van der Waals surface area contributed by atoms with E-state index in [2.05, 4.69) is 30.2 Å². The molecule has 1 heterocycles. The summed E-state index contributed by atoms with van der Waals surface area (Å²) in [5.74, 6) is 0. The van der Waals surface area contributed by atoms with Gasteiger partial charge in [0.05, 0.1) is 5.69 Å². The molecule has 0 aliphatic heterocycles. The topological polar surface area (TPSA) is 41.6 Å². The number of nitrogens with zero attached hydrogens (tertiary/aromatic N) is 3. The van der Waals surface area contributed by atoms with Crippen molar-refractivity contribution in [3.8, 4) is 6.07 Å². The lowest BCUT2D eigenvalue weighted by molar-refractivity contribution is 0.571. The van der Waals surface area contributed by atoms with Crippen molar-refractivity contribution in [3.05, 3.63) is 52.3 Å². The second-order valence-corrected chi connectivity index (χ2v) is 5.14. The maximum Gasteiger partial charge on any atom is 0.145 e. The summed E-state index contributed by atoms with van der Waals surface area (Å²) in [6.45, 7) is 2.82. The van der Waals surface area contributed by atoms with Crippen molar-refractivity contribution in [1.29, 1.82) is 5.26 Å². The van der Waals surface area contributed by atoms with Gasteiger partial charge in [-0.2, -0.15) is 10.4 Å². The Morgan fingerprint density at radius 3 is 2.65 bits per heavy atom. The van der Waals surface area contributed by atoms with E-state index >= 15 is 0 Å². The quantitative estimate of drug-likeness (QED) is 0.806. The van der Waals surface area contributed by atoms with Crippen molar-refractivity contribution in [2.24, 2.45) is 0 Å². The Hall–Kier alpha value is -1.79. The highest BCUT2D eigenvalue weighted by atomic mass is 35.5. The van der Waals surface area contributed by atoms with Gasteiger partial charge in [-0.1, -0.05) is 55.3 Å². The molecule has 2 aromatic rings. The van der Waals surface area contributed by atoms with Gasteiger partial charge in [-0.25, -0.2) is 0 Å². The normalized spacial score (nSPS) is 10.4. The van der Waals surface area contributed by atoms with Crippen molar-refractivity contribution in [2.75, 3.05) is 0 Å². The van der Waals surface area contributed by atoms with Crippen LogP contribution < -0.4 is 0 Å². The predicted octanol–water partition coefficient (Wildman–Crippen LogP) is 3.99. The molecule has 0 fully saturated rings. The van der Waals surface area contributed by atoms with Crippen LogP contribution in [0.5, 0.6) is 0 Å². The van der Waals surface area contributed by atoms with Crippen LogP contribution in [0.1, 0.15) is 36.6 Å². The third-order valence-corrected chi connectivity index (χ3v) is 3.62. The molecule has 4 heteroatoms. The largest absolute Gasteiger partial charge is 0.252 e. The van der Waals surface area contributed by atoms with Gasteiger partial charge in [0, 0.05) is 6.54 Å². The molecular weight excluding hydrogens is 270 g/mol. The lowest BCUT2D eigenvalue weighted by Gasteiger charge is -2.03. The van der Waals surface area contributed by atoms with E-state index in [1.165, 1.54) is 5.56 Å². The fraction of sp³-hybridized carbons (Fsp3) is 0.375. The molecule has 2 rings (SSSR count). The standard InChI is InChI=1S/C16H18ClN3/c1-2-7-15-14(12-18)16(17)20(19-15)11-6-10-13-8-4-3-5-9-13/h3-5,8-9H,2,6-7,10-11H2,1H3. The van der Waals surface area contributed by atoms with E-state index in [-0.39, 0.29) is 0 Å². The van der Waals surface area contributed by atoms with Crippen LogP contribution in [0.4, 0.5) is 0 Å². The fourth-order valence-corrected chi connectivity index (χ4v) is 2.51. The first kappa shape index (κ1) is 14.6. The van der Waals surface area contributed by atoms with Crippen LogP contribution in [0.2, 0.25) is 5.15 Å². The maximum atomic E-state index is 9.15. The molecule has 0 spiro atoms. The number of aryl methyl sites for hydroxylation is 3. The molecule has 1 aromatic carbocycles. The first-order chi connectivity index (χ1) is 9.76. The summed E-state index contributed by atoms with van der Waals surface area (Å²) in [6, 6.07) is 12.5. The summed E-state index contributed by atoms with van der Waals surface area (Å²) in [5, 5.41) is 14.1. The molecule has 0 N–H and O–H groups in total. The smallest absolute Gasteiger partial charge is 0.145 e. The van der Waals surface area contributed by atoms with Gasteiger partial charge in [-0.15, -0.1) is 0 Å². The number of benzene rings is 1. The minimum absolute atomic E-state index is 0.476. The molecule has 104 valence electrons. The van der Waals surface area contributed by atoms with Gasteiger partial charge in [-0.05, 0) is 24.8 Å². The fourth-order valence-electron chi connectivity index (χ4n) is 2.24. The van der Waals surface area contributed by atoms with Crippen LogP contribution in [0.3, 0.4) is 0 Å². The van der Waals surface area contributed by atoms with Gasteiger partial charge >= 0.3 is 0 Å². The number of halogens is 1. The zero-order valence-electron chi connectivity index (χ0n) is 11.6. The molecule has 20 heavy (non-hydrogen) atoms. The van der Waals surface area contributed by atoms with Gasteiger partial charge in [0.2, 0.25) is 0 Å². The summed E-state index contributed by atoms with van der Waals surface area (Å²) in [5.41, 5.74) is 2.66. The van der Waals surface area contributed by atoms with Crippen molar-refractivity contribution in [2.45, 2.75) is 39.2 Å². The Morgan fingerprint density at radius 1 is 1.25 bits per heavy atom. The number of rotatable bonds is 6. The molecular formula is C16H18ClN3. The third kappa shape index (κ3) is 3.40. The molecule has 0 radical (unpaired) electrons. The van der Waals surface area contributed by atoms with E-state index < -0.39 is 0 Å². The minimum atomic E-state index is 0.476. The van der Waals surface area contributed by atoms with Gasteiger partial charge in [0.15, 0.2) is 0 Å². The SMILES string of the molecule is CCCc1nn(CCCc2ccccc2)c(Cl)c1C#N. The van der Waals surface area contributed by atoms with Gasteiger partial charge in [0.1, 0.15) is 16.8 Å². The Kier molecular flexibility index (Phi) is 5.20. The molecule has 0 aliphatic rings. The van der Waals surface area contributed by atoms with Crippen LogP contribution in [-0.2, 0) is 19.4 Å². The van der Waals surface area contributed by atoms with E-state index in [1.54, 1.807) is 4.68 Å². The van der Waals surface area contributed by atoms with E-state index in [4.69, 9.17) is 16.9 Å². The van der Waals surface area contributed by atoms with E-state index in [0.29, 0.717) is 10.7 Å². The van der Waals surface area contributed by atoms with E-state index in [9.17, 15) is 0 Å². The summed E-state index contributed by atoms with van der Waals surface area (Å²) in [6.07, 6.45) is 3.71. The van der Waals surface area contributed by atoms with Crippen LogP contribution >= 0.6 is 11.6 Å². The Bertz CT molecular complexity index is 596. The van der Waals surface area contributed by atoms with Crippen LogP contribution in [0, 0.1) is 11.3 Å². The second-order valence-electron chi connectivity index (χ2n) is 4.79. The first-order valence-electron chi connectivity index (χ1n) is 6.95. The van der Waals surface area contributed by atoms with E-state index in [1.807, 2.05) is 18.2 Å². The van der Waals surface area contributed by atoms with Gasteiger partial charge in [-0.3, -0.25) is 4.68 Å². The van der Waals surface area contributed by atoms with Crippen LogP contribution in [0.25, 0.3) is 0 Å². The van der Waals surface area contributed by atoms with Crippen molar-refractivity contribution >= 4 is 11.6 Å². The summed E-state index contributed by atoms with van der Waals surface area (Å²) in [4.78, 5) is 0. The van der Waals surface area contributed by atoms with Crippen molar-refractivity contribution in [3.63, 3.8) is 0 Å². The van der Waals surface area contributed by atoms with Crippen LogP contribution in [-0.4, -0.2) is 9.78 Å². The zero-order valence-corrected chi connectivity index (χ0v) is 12.4. The maximum absolute atomic E-state index is 9.15. The summed E-state index contributed by atoms with van der Waals surface area (Å²) < 4.78 is 1.76. The van der Waals surface area contributed by atoms with Gasteiger partial charge in [0.25, 0.3) is 0 Å². The molecule has 1 aromatic heterocycles. The highest BCUT2D eigenvalue weighted by Gasteiger charge is 2.14. The highest BCUT2D eigenvalue weighted by Crippen LogP contribution is 2.21. The van der Waals surface area contributed by atoms with Crippen molar-refractivity contribution in [1.82, 2.24) is 9.78 Å². The Balaban J connectivity index is 2.01. The molecule has 0 aliphatic carbocycles.